The molecule has 0 spiro atoms. The van der Waals surface area contributed by atoms with Crippen LogP contribution in [0, 0.1) is 5.92 Å². The maximum atomic E-state index is 12.0. The fraction of sp³-hybridized carbons (Fsp3) is 0.833. The van der Waals surface area contributed by atoms with Gasteiger partial charge in [0.2, 0.25) is 17.7 Å². The van der Waals surface area contributed by atoms with Crippen LogP contribution < -0.4 is 16.0 Å². The third-order valence-electron chi connectivity index (χ3n) is 5.16. The van der Waals surface area contributed by atoms with Crippen LogP contribution in [0.4, 0.5) is 0 Å². The first-order valence-electron chi connectivity index (χ1n) is 9.66. The quantitative estimate of drug-likeness (QED) is 0.397. The van der Waals surface area contributed by atoms with E-state index in [1.165, 1.54) is 6.42 Å². The minimum atomic E-state index is -1.06. The Bertz CT molecular complexity index is 493. The van der Waals surface area contributed by atoms with Crippen LogP contribution in [0.1, 0.15) is 57.8 Å². The van der Waals surface area contributed by atoms with Crippen LogP contribution >= 0.6 is 0 Å². The number of carbonyl (C=O) groups is 3. The molecule has 0 aromatic rings. The summed E-state index contributed by atoms with van der Waals surface area (Å²) in [5.74, 6) is -0.572. The SMILES string of the molecule is O=C1CCC[C@H](C(=O)NCC(O)CNC(=O)C(O)CC2CCCCC2)N1. The Morgan fingerprint density at radius 1 is 1.04 bits per heavy atom. The molecule has 0 bridgehead atoms. The summed E-state index contributed by atoms with van der Waals surface area (Å²) >= 11 is 0. The normalized spacial score (nSPS) is 23.6. The zero-order valence-corrected chi connectivity index (χ0v) is 15.2. The van der Waals surface area contributed by atoms with Crippen molar-refractivity contribution in [2.24, 2.45) is 5.92 Å². The molecular weight excluding hydrogens is 338 g/mol. The minimum Gasteiger partial charge on any atom is -0.389 e. The average Bonchev–Trinajstić information content (AvgIpc) is 2.64. The van der Waals surface area contributed by atoms with E-state index in [0.717, 1.165) is 25.7 Å². The molecule has 0 aromatic carbocycles. The average molecular weight is 369 g/mol. The molecule has 148 valence electrons. The van der Waals surface area contributed by atoms with Crippen molar-refractivity contribution in [3.8, 4) is 0 Å². The number of aliphatic hydroxyl groups is 2. The number of hydrogen-bond acceptors (Lipinski definition) is 5. The highest BCUT2D eigenvalue weighted by Crippen LogP contribution is 2.27. The van der Waals surface area contributed by atoms with Crippen LogP contribution in [0.2, 0.25) is 0 Å². The van der Waals surface area contributed by atoms with Crippen LogP contribution in [-0.4, -0.2) is 59.3 Å². The summed E-state index contributed by atoms with van der Waals surface area (Å²) in [5, 5.41) is 27.6. The predicted molar refractivity (Wildman–Crippen MR) is 95.0 cm³/mol. The van der Waals surface area contributed by atoms with E-state index in [2.05, 4.69) is 16.0 Å². The van der Waals surface area contributed by atoms with Gasteiger partial charge < -0.3 is 26.2 Å². The molecule has 1 saturated carbocycles. The smallest absolute Gasteiger partial charge is 0.248 e. The molecule has 1 aliphatic carbocycles. The molecule has 0 radical (unpaired) electrons. The Hall–Kier alpha value is -1.67. The summed E-state index contributed by atoms with van der Waals surface area (Å²) in [4.78, 5) is 35.2. The Morgan fingerprint density at radius 3 is 2.42 bits per heavy atom. The van der Waals surface area contributed by atoms with E-state index in [0.29, 0.717) is 31.6 Å². The van der Waals surface area contributed by atoms with E-state index >= 15 is 0 Å². The van der Waals surface area contributed by atoms with Crippen molar-refractivity contribution in [2.75, 3.05) is 13.1 Å². The number of hydrogen-bond donors (Lipinski definition) is 5. The van der Waals surface area contributed by atoms with Gasteiger partial charge in [-0.3, -0.25) is 14.4 Å². The third-order valence-corrected chi connectivity index (χ3v) is 5.16. The highest BCUT2D eigenvalue weighted by atomic mass is 16.3. The van der Waals surface area contributed by atoms with Gasteiger partial charge in [0.15, 0.2) is 0 Å². The van der Waals surface area contributed by atoms with Gasteiger partial charge in [-0.15, -0.1) is 0 Å². The molecular formula is C18H31N3O5. The van der Waals surface area contributed by atoms with Crippen molar-refractivity contribution in [2.45, 2.75) is 76.0 Å². The van der Waals surface area contributed by atoms with E-state index in [4.69, 9.17) is 0 Å². The molecule has 5 N–H and O–H groups in total. The lowest BCUT2D eigenvalue weighted by Gasteiger charge is -2.24. The molecule has 2 rings (SSSR count). The molecule has 0 aromatic heterocycles. The lowest BCUT2D eigenvalue weighted by molar-refractivity contribution is -0.131. The summed E-state index contributed by atoms with van der Waals surface area (Å²) in [6.45, 7) is -0.0674. The van der Waals surface area contributed by atoms with Crippen molar-refractivity contribution in [3.05, 3.63) is 0 Å². The van der Waals surface area contributed by atoms with Crippen molar-refractivity contribution >= 4 is 17.7 Å². The van der Waals surface area contributed by atoms with Crippen molar-refractivity contribution in [1.82, 2.24) is 16.0 Å². The molecule has 2 fully saturated rings. The minimum absolute atomic E-state index is 0.0236. The monoisotopic (exact) mass is 369 g/mol. The maximum absolute atomic E-state index is 12.0. The second-order valence-electron chi connectivity index (χ2n) is 7.41. The van der Waals surface area contributed by atoms with Crippen molar-refractivity contribution in [1.29, 1.82) is 0 Å². The Balaban J connectivity index is 1.61. The van der Waals surface area contributed by atoms with Gasteiger partial charge >= 0.3 is 0 Å². The fourth-order valence-corrected chi connectivity index (χ4v) is 3.60. The molecule has 1 heterocycles. The first-order chi connectivity index (χ1) is 12.5. The summed E-state index contributed by atoms with van der Waals surface area (Å²) < 4.78 is 0. The number of amides is 3. The van der Waals surface area contributed by atoms with E-state index in [1.807, 2.05) is 0 Å². The van der Waals surface area contributed by atoms with E-state index in [-0.39, 0.29) is 24.9 Å². The molecule has 26 heavy (non-hydrogen) atoms. The zero-order chi connectivity index (χ0) is 18.9. The molecule has 8 heteroatoms. The Labute approximate surface area is 154 Å². The van der Waals surface area contributed by atoms with Gasteiger partial charge in [-0.1, -0.05) is 32.1 Å². The molecule has 3 amide bonds. The summed E-state index contributed by atoms with van der Waals surface area (Å²) in [6.07, 6.45) is 5.76. The van der Waals surface area contributed by atoms with Crippen molar-refractivity contribution in [3.63, 3.8) is 0 Å². The topological polar surface area (TPSA) is 128 Å². The number of carbonyl (C=O) groups excluding carboxylic acids is 3. The summed E-state index contributed by atoms with van der Waals surface area (Å²) in [7, 11) is 0. The predicted octanol–water partition coefficient (Wildman–Crippen LogP) is -0.420. The number of piperidine rings is 1. The van der Waals surface area contributed by atoms with Gasteiger partial charge in [-0.05, 0) is 25.2 Å². The van der Waals surface area contributed by atoms with Gasteiger partial charge in [0.25, 0.3) is 0 Å². The number of rotatable bonds is 8. The number of nitrogens with one attached hydrogen (secondary N) is 3. The molecule has 1 aliphatic heterocycles. The highest BCUT2D eigenvalue weighted by Gasteiger charge is 2.25. The lowest BCUT2D eigenvalue weighted by Crippen LogP contribution is -2.51. The molecule has 2 aliphatic rings. The van der Waals surface area contributed by atoms with Crippen LogP contribution in [0.15, 0.2) is 0 Å². The molecule has 2 unspecified atom stereocenters. The van der Waals surface area contributed by atoms with Gasteiger partial charge in [0, 0.05) is 19.5 Å². The highest BCUT2D eigenvalue weighted by molar-refractivity contribution is 5.88. The van der Waals surface area contributed by atoms with E-state index < -0.39 is 24.2 Å². The van der Waals surface area contributed by atoms with Gasteiger partial charge in [-0.2, -0.15) is 0 Å². The lowest BCUT2D eigenvalue weighted by atomic mass is 9.85. The van der Waals surface area contributed by atoms with E-state index in [1.54, 1.807) is 0 Å². The summed E-state index contributed by atoms with van der Waals surface area (Å²) in [6, 6.07) is -0.560. The molecule has 3 atom stereocenters. The summed E-state index contributed by atoms with van der Waals surface area (Å²) in [5.41, 5.74) is 0. The molecule has 1 saturated heterocycles. The van der Waals surface area contributed by atoms with Crippen LogP contribution in [0.25, 0.3) is 0 Å². The standard InChI is InChI=1S/C18H31N3O5/c22-13(10-19-17(25)14-7-4-8-16(24)21-14)11-20-18(26)15(23)9-12-5-2-1-3-6-12/h12-15,22-23H,1-11H2,(H,19,25)(H,20,26)(H,21,24)/t13?,14-,15?/m1/s1. The van der Waals surface area contributed by atoms with Gasteiger partial charge in [0.1, 0.15) is 12.1 Å². The van der Waals surface area contributed by atoms with Gasteiger partial charge in [0.05, 0.1) is 6.10 Å². The van der Waals surface area contributed by atoms with Crippen molar-refractivity contribution < 1.29 is 24.6 Å². The third kappa shape index (κ3) is 6.92. The van der Waals surface area contributed by atoms with Crippen LogP contribution in [0.3, 0.4) is 0 Å². The number of aliphatic hydroxyl groups excluding tert-OH is 2. The zero-order valence-electron chi connectivity index (χ0n) is 15.2. The molecule has 8 nitrogen and oxygen atoms in total. The first kappa shape index (κ1) is 20.6. The maximum Gasteiger partial charge on any atom is 0.248 e. The Kier molecular flexibility index (Phi) is 8.31. The van der Waals surface area contributed by atoms with E-state index in [9.17, 15) is 24.6 Å². The largest absolute Gasteiger partial charge is 0.389 e. The second-order valence-corrected chi connectivity index (χ2v) is 7.41. The van der Waals surface area contributed by atoms with Crippen LogP contribution in [0.5, 0.6) is 0 Å². The Morgan fingerprint density at radius 2 is 1.73 bits per heavy atom. The first-order valence-corrected chi connectivity index (χ1v) is 9.66. The second kappa shape index (κ2) is 10.5. The van der Waals surface area contributed by atoms with Gasteiger partial charge in [-0.25, -0.2) is 0 Å². The fourth-order valence-electron chi connectivity index (χ4n) is 3.60. The van der Waals surface area contributed by atoms with Crippen LogP contribution in [-0.2, 0) is 14.4 Å².